The number of aryl methyl sites for hydroxylation is 1. The van der Waals surface area contributed by atoms with E-state index >= 15 is 0 Å². The number of amides is 1. The lowest BCUT2D eigenvalue weighted by Crippen LogP contribution is -2.39. The molecule has 0 saturated carbocycles. The monoisotopic (exact) mass is 268 g/mol. The lowest BCUT2D eigenvalue weighted by atomic mass is 10.1. The SMILES string of the molecule is C#CCN(CC(=O)NCC=C)[C@H]1CCc2ccccc21. The highest BCUT2D eigenvalue weighted by Crippen LogP contribution is 2.35. The smallest absolute Gasteiger partial charge is 0.234 e. The summed E-state index contributed by atoms with van der Waals surface area (Å²) in [6, 6.07) is 8.64. The fourth-order valence-corrected chi connectivity index (χ4v) is 2.73. The molecule has 1 amide bonds. The zero-order chi connectivity index (χ0) is 14.4. The number of nitrogens with zero attached hydrogens (tertiary/aromatic N) is 1. The largest absolute Gasteiger partial charge is 0.352 e. The van der Waals surface area contributed by atoms with Crippen LogP contribution in [-0.2, 0) is 11.2 Å². The van der Waals surface area contributed by atoms with Gasteiger partial charge in [-0.1, -0.05) is 36.3 Å². The fourth-order valence-electron chi connectivity index (χ4n) is 2.73. The maximum absolute atomic E-state index is 11.9. The quantitative estimate of drug-likeness (QED) is 0.631. The second-order valence-corrected chi connectivity index (χ2v) is 4.96. The van der Waals surface area contributed by atoms with Crippen LogP contribution in [0.4, 0.5) is 0 Å². The Bertz CT molecular complexity index is 530. The lowest BCUT2D eigenvalue weighted by Gasteiger charge is -2.27. The van der Waals surface area contributed by atoms with Crippen molar-refractivity contribution in [2.45, 2.75) is 18.9 Å². The molecule has 3 nitrogen and oxygen atoms in total. The van der Waals surface area contributed by atoms with E-state index in [-0.39, 0.29) is 11.9 Å². The van der Waals surface area contributed by atoms with Crippen LogP contribution in [0.1, 0.15) is 23.6 Å². The van der Waals surface area contributed by atoms with Gasteiger partial charge in [-0.05, 0) is 24.0 Å². The Labute approximate surface area is 120 Å². The molecule has 1 atom stereocenters. The number of carbonyl (C=O) groups is 1. The molecule has 3 heteroatoms. The van der Waals surface area contributed by atoms with Crippen LogP contribution in [-0.4, -0.2) is 30.4 Å². The third-order valence-electron chi connectivity index (χ3n) is 3.63. The third-order valence-corrected chi connectivity index (χ3v) is 3.63. The molecule has 1 aliphatic rings. The molecule has 0 saturated heterocycles. The van der Waals surface area contributed by atoms with Crippen molar-refractivity contribution in [1.29, 1.82) is 0 Å². The van der Waals surface area contributed by atoms with Crippen LogP contribution in [0.2, 0.25) is 0 Å². The first-order valence-corrected chi connectivity index (χ1v) is 6.89. The van der Waals surface area contributed by atoms with E-state index in [9.17, 15) is 4.79 Å². The zero-order valence-electron chi connectivity index (χ0n) is 11.6. The molecule has 2 rings (SSSR count). The molecule has 0 radical (unpaired) electrons. The average molecular weight is 268 g/mol. The molecule has 0 unspecified atom stereocenters. The average Bonchev–Trinajstić information content (AvgIpc) is 2.88. The summed E-state index contributed by atoms with van der Waals surface area (Å²) >= 11 is 0. The molecule has 104 valence electrons. The number of nitrogens with one attached hydrogen (secondary N) is 1. The van der Waals surface area contributed by atoms with E-state index in [2.05, 4.69) is 40.9 Å². The molecule has 20 heavy (non-hydrogen) atoms. The Hall–Kier alpha value is -2.05. The van der Waals surface area contributed by atoms with Gasteiger partial charge in [0.2, 0.25) is 5.91 Å². The van der Waals surface area contributed by atoms with Crippen LogP contribution in [0.3, 0.4) is 0 Å². The Balaban J connectivity index is 2.08. The first-order chi connectivity index (χ1) is 9.76. The van der Waals surface area contributed by atoms with Crippen molar-refractivity contribution in [1.82, 2.24) is 10.2 Å². The summed E-state index contributed by atoms with van der Waals surface area (Å²) in [5, 5.41) is 2.80. The second-order valence-electron chi connectivity index (χ2n) is 4.96. The van der Waals surface area contributed by atoms with Crippen molar-refractivity contribution < 1.29 is 4.79 Å². The van der Waals surface area contributed by atoms with Crippen molar-refractivity contribution >= 4 is 5.91 Å². The predicted octanol–water partition coefficient (Wildman–Crippen LogP) is 1.91. The van der Waals surface area contributed by atoms with E-state index < -0.39 is 0 Å². The van der Waals surface area contributed by atoms with Crippen LogP contribution in [0.5, 0.6) is 0 Å². The summed E-state index contributed by atoms with van der Waals surface area (Å²) in [5.41, 5.74) is 2.67. The Morgan fingerprint density at radius 1 is 1.55 bits per heavy atom. The highest BCUT2D eigenvalue weighted by molar-refractivity contribution is 5.78. The fraction of sp³-hybridized carbons (Fsp3) is 0.353. The number of benzene rings is 1. The normalized spacial score (nSPS) is 16.5. The number of rotatable bonds is 6. The summed E-state index contributed by atoms with van der Waals surface area (Å²) < 4.78 is 0. The summed E-state index contributed by atoms with van der Waals surface area (Å²) in [6.07, 6.45) is 9.20. The third kappa shape index (κ3) is 3.28. The molecular weight excluding hydrogens is 248 g/mol. The first-order valence-electron chi connectivity index (χ1n) is 6.89. The number of hydrogen-bond acceptors (Lipinski definition) is 2. The van der Waals surface area contributed by atoms with Gasteiger partial charge in [0, 0.05) is 12.6 Å². The van der Waals surface area contributed by atoms with Crippen LogP contribution < -0.4 is 5.32 Å². The van der Waals surface area contributed by atoms with Crippen LogP contribution >= 0.6 is 0 Å². The van der Waals surface area contributed by atoms with Crippen molar-refractivity contribution in [2.75, 3.05) is 19.6 Å². The Morgan fingerprint density at radius 2 is 2.35 bits per heavy atom. The Morgan fingerprint density at radius 3 is 3.10 bits per heavy atom. The highest BCUT2D eigenvalue weighted by atomic mass is 16.2. The van der Waals surface area contributed by atoms with Gasteiger partial charge in [0.25, 0.3) is 0 Å². The van der Waals surface area contributed by atoms with Crippen molar-refractivity contribution in [3.05, 3.63) is 48.0 Å². The van der Waals surface area contributed by atoms with Crippen molar-refractivity contribution in [3.63, 3.8) is 0 Å². The van der Waals surface area contributed by atoms with Crippen LogP contribution in [0, 0.1) is 12.3 Å². The van der Waals surface area contributed by atoms with E-state index in [1.807, 2.05) is 6.07 Å². The van der Waals surface area contributed by atoms with E-state index in [4.69, 9.17) is 6.42 Å². The first kappa shape index (κ1) is 14.4. The van der Waals surface area contributed by atoms with Gasteiger partial charge in [0.1, 0.15) is 0 Å². The number of fused-ring (bicyclic) bond motifs is 1. The topological polar surface area (TPSA) is 32.3 Å². The maximum Gasteiger partial charge on any atom is 0.234 e. The molecule has 0 spiro atoms. The molecule has 1 aliphatic carbocycles. The molecule has 0 fully saturated rings. The number of hydrogen-bond donors (Lipinski definition) is 1. The molecule has 1 N–H and O–H groups in total. The standard InChI is InChI=1S/C17H20N2O/c1-3-11-18-17(20)13-19(12-4-2)16-10-9-14-7-5-6-8-15(14)16/h2-3,5-8,16H,1,9-13H2,(H,18,20)/t16-/m0/s1. The van der Waals surface area contributed by atoms with Crippen molar-refractivity contribution in [3.8, 4) is 12.3 Å². The molecule has 0 heterocycles. The summed E-state index contributed by atoms with van der Waals surface area (Å²) in [7, 11) is 0. The van der Waals surface area contributed by atoms with E-state index in [0.717, 1.165) is 12.8 Å². The molecule has 1 aromatic rings. The molecule has 0 aromatic heterocycles. The molecule has 1 aromatic carbocycles. The van der Waals surface area contributed by atoms with Crippen LogP contribution in [0.25, 0.3) is 0 Å². The molecule has 0 bridgehead atoms. The van der Waals surface area contributed by atoms with Gasteiger partial charge >= 0.3 is 0 Å². The van der Waals surface area contributed by atoms with Gasteiger partial charge in [-0.3, -0.25) is 9.69 Å². The minimum absolute atomic E-state index is 0.00969. The lowest BCUT2D eigenvalue weighted by molar-refractivity contribution is -0.122. The van der Waals surface area contributed by atoms with E-state index in [1.165, 1.54) is 11.1 Å². The van der Waals surface area contributed by atoms with Gasteiger partial charge < -0.3 is 5.32 Å². The Kier molecular flexibility index (Phi) is 4.97. The zero-order valence-corrected chi connectivity index (χ0v) is 11.6. The van der Waals surface area contributed by atoms with Crippen molar-refractivity contribution in [2.24, 2.45) is 0 Å². The maximum atomic E-state index is 11.9. The molecular formula is C17H20N2O. The minimum atomic E-state index is -0.00969. The van der Waals surface area contributed by atoms with E-state index in [0.29, 0.717) is 19.6 Å². The van der Waals surface area contributed by atoms with Gasteiger partial charge in [-0.25, -0.2) is 0 Å². The second kappa shape index (κ2) is 6.93. The van der Waals surface area contributed by atoms with Gasteiger partial charge in [0.05, 0.1) is 13.1 Å². The summed E-state index contributed by atoms with van der Waals surface area (Å²) in [5.74, 6) is 2.65. The van der Waals surface area contributed by atoms with Crippen LogP contribution in [0.15, 0.2) is 36.9 Å². The van der Waals surface area contributed by atoms with Gasteiger partial charge in [-0.15, -0.1) is 13.0 Å². The number of terminal acetylenes is 1. The van der Waals surface area contributed by atoms with Gasteiger partial charge in [0.15, 0.2) is 0 Å². The number of carbonyl (C=O) groups excluding carboxylic acids is 1. The van der Waals surface area contributed by atoms with E-state index in [1.54, 1.807) is 6.08 Å². The predicted molar refractivity (Wildman–Crippen MR) is 81.1 cm³/mol. The summed E-state index contributed by atoms with van der Waals surface area (Å²) in [4.78, 5) is 14.0. The summed E-state index contributed by atoms with van der Waals surface area (Å²) in [6.45, 7) is 4.90. The molecule has 0 aliphatic heterocycles. The minimum Gasteiger partial charge on any atom is -0.352 e. The highest BCUT2D eigenvalue weighted by Gasteiger charge is 2.28. The van der Waals surface area contributed by atoms with Gasteiger partial charge in [-0.2, -0.15) is 0 Å².